The van der Waals surface area contributed by atoms with E-state index in [-0.39, 0.29) is 10.9 Å². The summed E-state index contributed by atoms with van der Waals surface area (Å²) in [6.45, 7) is 0. The lowest BCUT2D eigenvalue weighted by molar-refractivity contribution is 0.102. The van der Waals surface area contributed by atoms with Crippen molar-refractivity contribution in [3.8, 4) is 5.75 Å². The third kappa shape index (κ3) is 3.65. The van der Waals surface area contributed by atoms with Crippen molar-refractivity contribution in [3.05, 3.63) is 45.5 Å². The first-order valence-electron chi connectivity index (χ1n) is 6.03. The Hall–Kier alpha value is -1.79. The van der Waals surface area contributed by atoms with Crippen LogP contribution in [0.1, 0.15) is 10.4 Å². The number of nitrogens with zero attached hydrogens (tertiary/aromatic N) is 1. The number of pyridine rings is 1. The van der Waals surface area contributed by atoms with E-state index in [0.717, 1.165) is 4.47 Å². The van der Waals surface area contributed by atoms with Gasteiger partial charge in [-0.05, 0) is 34.1 Å². The first-order chi connectivity index (χ1) is 10.0. The summed E-state index contributed by atoms with van der Waals surface area (Å²) in [7, 11) is 3.28. The second-order valence-electron chi connectivity index (χ2n) is 4.10. The fourth-order valence-corrected chi connectivity index (χ4v) is 2.20. The molecule has 0 unspecified atom stereocenters. The summed E-state index contributed by atoms with van der Waals surface area (Å²) in [4.78, 5) is 16.4. The molecule has 2 aromatic rings. The molecule has 2 N–H and O–H groups in total. The maximum atomic E-state index is 12.3. The Morgan fingerprint density at radius 2 is 2.14 bits per heavy atom. The van der Waals surface area contributed by atoms with Gasteiger partial charge in [0.1, 0.15) is 11.6 Å². The Morgan fingerprint density at radius 1 is 1.38 bits per heavy atom. The van der Waals surface area contributed by atoms with Gasteiger partial charge < -0.3 is 15.4 Å². The van der Waals surface area contributed by atoms with Crippen molar-refractivity contribution >= 4 is 44.9 Å². The Labute approximate surface area is 135 Å². The van der Waals surface area contributed by atoms with Crippen LogP contribution in [0.4, 0.5) is 11.5 Å². The van der Waals surface area contributed by atoms with Gasteiger partial charge in [-0.25, -0.2) is 4.98 Å². The molecule has 0 bridgehead atoms. The van der Waals surface area contributed by atoms with Gasteiger partial charge in [0, 0.05) is 23.8 Å². The number of amides is 1. The number of benzene rings is 1. The van der Waals surface area contributed by atoms with Crippen molar-refractivity contribution in [2.24, 2.45) is 0 Å². The van der Waals surface area contributed by atoms with Gasteiger partial charge in [-0.2, -0.15) is 0 Å². The third-order valence-electron chi connectivity index (χ3n) is 2.78. The lowest BCUT2D eigenvalue weighted by atomic mass is 10.2. The molecule has 5 nitrogen and oxygen atoms in total. The number of rotatable bonds is 4. The van der Waals surface area contributed by atoms with Gasteiger partial charge in [0.05, 0.1) is 23.4 Å². The standard InChI is InChI=1S/C14H13BrClN3O2/c1-17-13-6-9(11(16)7-18-13)14(20)19-12-5-8(21-2)3-4-10(12)15/h3-7H,1-2H3,(H,17,18)(H,19,20). The molecule has 1 heterocycles. The normalized spacial score (nSPS) is 10.1. The molecule has 0 atom stereocenters. The lowest BCUT2D eigenvalue weighted by Gasteiger charge is -2.11. The fourth-order valence-electron chi connectivity index (χ4n) is 1.67. The Bertz CT molecular complexity index is 679. The highest BCUT2D eigenvalue weighted by molar-refractivity contribution is 9.10. The molecule has 7 heteroatoms. The predicted octanol–water partition coefficient (Wildman–Crippen LogP) is 3.80. The van der Waals surface area contributed by atoms with Gasteiger partial charge >= 0.3 is 0 Å². The third-order valence-corrected chi connectivity index (χ3v) is 3.77. The van der Waals surface area contributed by atoms with E-state index < -0.39 is 0 Å². The molecule has 1 amide bonds. The highest BCUT2D eigenvalue weighted by atomic mass is 79.9. The first-order valence-corrected chi connectivity index (χ1v) is 7.20. The number of nitrogens with one attached hydrogen (secondary N) is 2. The molecule has 0 aliphatic heterocycles. The Morgan fingerprint density at radius 3 is 2.81 bits per heavy atom. The number of anilines is 2. The zero-order valence-corrected chi connectivity index (χ0v) is 13.7. The van der Waals surface area contributed by atoms with Crippen LogP contribution >= 0.6 is 27.5 Å². The zero-order chi connectivity index (χ0) is 15.4. The van der Waals surface area contributed by atoms with E-state index in [9.17, 15) is 4.79 Å². The number of methoxy groups -OCH3 is 1. The molecule has 0 saturated carbocycles. The van der Waals surface area contributed by atoms with Crippen molar-refractivity contribution in [3.63, 3.8) is 0 Å². The average molecular weight is 371 g/mol. The molecule has 0 radical (unpaired) electrons. The monoisotopic (exact) mass is 369 g/mol. The van der Waals surface area contributed by atoms with Crippen LogP contribution in [0, 0.1) is 0 Å². The van der Waals surface area contributed by atoms with Crippen LogP contribution in [0.15, 0.2) is 34.9 Å². The van der Waals surface area contributed by atoms with Crippen molar-refractivity contribution in [2.75, 3.05) is 24.8 Å². The number of hydrogen-bond donors (Lipinski definition) is 2. The van der Waals surface area contributed by atoms with Crippen LogP contribution in [0.25, 0.3) is 0 Å². The topological polar surface area (TPSA) is 63.2 Å². The zero-order valence-electron chi connectivity index (χ0n) is 11.4. The molecule has 21 heavy (non-hydrogen) atoms. The molecule has 1 aromatic heterocycles. The number of halogens is 2. The van der Waals surface area contributed by atoms with E-state index >= 15 is 0 Å². The predicted molar refractivity (Wildman–Crippen MR) is 87.4 cm³/mol. The number of carbonyl (C=O) groups is 1. The van der Waals surface area contributed by atoms with Gasteiger partial charge in [0.25, 0.3) is 5.91 Å². The van der Waals surface area contributed by atoms with E-state index in [1.807, 2.05) is 0 Å². The van der Waals surface area contributed by atoms with Crippen LogP contribution in [0.5, 0.6) is 5.75 Å². The van der Waals surface area contributed by atoms with Gasteiger partial charge in [-0.15, -0.1) is 0 Å². The van der Waals surface area contributed by atoms with Crippen molar-refractivity contribution in [1.82, 2.24) is 4.98 Å². The van der Waals surface area contributed by atoms with E-state index in [1.165, 1.54) is 6.20 Å². The van der Waals surface area contributed by atoms with Crippen LogP contribution in [-0.4, -0.2) is 25.0 Å². The summed E-state index contributed by atoms with van der Waals surface area (Å²) >= 11 is 9.40. The minimum atomic E-state index is -0.326. The summed E-state index contributed by atoms with van der Waals surface area (Å²) in [6, 6.07) is 6.89. The number of ether oxygens (including phenoxy) is 1. The highest BCUT2D eigenvalue weighted by Crippen LogP contribution is 2.28. The Balaban J connectivity index is 2.29. The molecule has 0 spiro atoms. The minimum Gasteiger partial charge on any atom is -0.497 e. The summed E-state index contributed by atoms with van der Waals surface area (Å²) in [6.07, 6.45) is 1.43. The first kappa shape index (κ1) is 15.6. The number of hydrogen-bond acceptors (Lipinski definition) is 4. The second-order valence-corrected chi connectivity index (χ2v) is 5.36. The maximum Gasteiger partial charge on any atom is 0.257 e. The Kier molecular flexibility index (Phi) is 5.03. The second kappa shape index (κ2) is 6.78. The fraction of sp³-hybridized carbons (Fsp3) is 0.143. The molecule has 1 aromatic carbocycles. The lowest BCUT2D eigenvalue weighted by Crippen LogP contribution is -2.13. The van der Waals surface area contributed by atoms with E-state index in [1.54, 1.807) is 38.4 Å². The minimum absolute atomic E-state index is 0.283. The summed E-state index contributed by atoms with van der Waals surface area (Å²) in [5.74, 6) is 0.882. The molecule has 0 aliphatic rings. The highest BCUT2D eigenvalue weighted by Gasteiger charge is 2.14. The van der Waals surface area contributed by atoms with Crippen molar-refractivity contribution in [2.45, 2.75) is 0 Å². The summed E-state index contributed by atoms with van der Waals surface area (Å²) in [5, 5.41) is 5.93. The SMILES string of the molecule is CNc1cc(C(=O)Nc2cc(OC)ccc2Br)c(Cl)cn1. The van der Waals surface area contributed by atoms with Crippen LogP contribution in [-0.2, 0) is 0 Å². The van der Waals surface area contributed by atoms with Gasteiger partial charge in [-0.3, -0.25) is 4.79 Å². The molecule has 110 valence electrons. The molecule has 0 aliphatic carbocycles. The molecule has 0 fully saturated rings. The van der Waals surface area contributed by atoms with Crippen LogP contribution in [0.3, 0.4) is 0 Å². The summed E-state index contributed by atoms with van der Waals surface area (Å²) in [5.41, 5.74) is 0.934. The average Bonchev–Trinajstić information content (AvgIpc) is 2.49. The molecular formula is C14H13BrClN3O2. The van der Waals surface area contributed by atoms with E-state index in [4.69, 9.17) is 16.3 Å². The number of aromatic nitrogens is 1. The van der Waals surface area contributed by atoms with Gasteiger partial charge in [0.15, 0.2) is 0 Å². The van der Waals surface area contributed by atoms with Crippen molar-refractivity contribution in [1.29, 1.82) is 0 Å². The van der Waals surface area contributed by atoms with Crippen LogP contribution < -0.4 is 15.4 Å². The number of carbonyl (C=O) groups excluding carboxylic acids is 1. The van der Waals surface area contributed by atoms with Crippen LogP contribution in [0.2, 0.25) is 5.02 Å². The smallest absolute Gasteiger partial charge is 0.257 e. The molecular weight excluding hydrogens is 358 g/mol. The quantitative estimate of drug-likeness (QED) is 0.859. The molecule has 2 rings (SSSR count). The van der Waals surface area contributed by atoms with Gasteiger partial charge in [-0.1, -0.05) is 11.6 Å². The van der Waals surface area contributed by atoms with Gasteiger partial charge in [0.2, 0.25) is 0 Å². The molecule has 0 saturated heterocycles. The maximum absolute atomic E-state index is 12.3. The largest absolute Gasteiger partial charge is 0.497 e. The van der Waals surface area contributed by atoms with E-state index in [0.29, 0.717) is 22.8 Å². The van der Waals surface area contributed by atoms with Crippen molar-refractivity contribution < 1.29 is 9.53 Å². The van der Waals surface area contributed by atoms with E-state index in [2.05, 4.69) is 31.5 Å². The summed E-state index contributed by atoms with van der Waals surface area (Å²) < 4.78 is 5.89.